The maximum absolute atomic E-state index is 5.62. The molecule has 0 aromatic carbocycles. The van der Waals surface area contributed by atoms with Crippen LogP contribution in [0, 0.1) is 0 Å². The van der Waals surface area contributed by atoms with Crippen LogP contribution in [-0.4, -0.2) is 15.8 Å². The Morgan fingerprint density at radius 1 is 1.46 bits per heavy atom. The second kappa shape index (κ2) is 4.02. The molecule has 0 saturated carbocycles. The van der Waals surface area contributed by atoms with Gasteiger partial charge in [-0.15, -0.1) is 5.10 Å². The van der Waals surface area contributed by atoms with Crippen LogP contribution < -0.4 is 10.5 Å². The second-order valence-electron chi connectivity index (χ2n) is 3.38. The van der Waals surface area contributed by atoms with Crippen LogP contribution in [0.25, 0.3) is 0 Å². The summed E-state index contributed by atoms with van der Waals surface area (Å²) in [5.74, 6) is 0. The number of nitrogens with zero attached hydrogens (tertiary/aromatic N) is 2. The highest BCUT2D eigenvalue weighted by atomic mass is 32.1. The molecule has 0 amide bonds. The molecule has 1 aromatic heterocycles. The number of ether oxygens (including phenoxy) is 1. The van der Waals surface area contributed by atoms with E-state index in [0.717, 1.165) is 11.4 Å². The predicted octanol–water partition coefficient (Wildman–Crippen LogP) is 1.56. The smallest absolute Gasteiger partial charge is 0.294 e. The van der Waals surface area contributed by atoms with Crippen molar-refractivity contribution in [1.82, 2.24) is 10.2 Å². The Bertz CT molecular complexity index is 272. The fraction of sp³-hybridized carbons (Fsp3) is 0.750. The van der Waals surface area contributed by atoms with Crippen LogP contribution in [0.4, 0.5) is 0 Å². The molecule has 0 aliphatic heterocycles. The Morgan fingerprint density at radius 2 is 2.15 bits per heavy atom. The minimum atomic E-state index is -0.175. The minimum absolute atomic E-state index is 0.175. The summed E-state index contributed by atoms with van der Waals surface area (Å²) < 4.78 is 5.62. The number of nitrogens with two attached hydrogens (primary N) is 1. The fourth-order valence-corrected chi connectivity index (χ4v) is 1.39. The van der Waals surface area contributed by atoms with Gasteiger partial charge in [-0.2, -0.15) is 0 Å². The van der Waals surface area contributed by atoms with Crippen LogP contribution in [0.1, 0.15) is 32.2 Å². The van der Waals surface area contributed by atoms with Crippen LogP contribution in [0.5, 0.6) is 5.19 Å². The molecule has 0 aliphatic rings. The summed E-state index contributed by atoms with van der Waals surface area (Å²) in [6.45, 7) is 6.55. The molecule has 0 spiro atoms. The van der Waals surface area contributed by atoms with Crippen molar-refractivity contribution in [3.63, 3.8) is 0 Å². The molecule has 5 heteroatoms. The minimum Gasteiger partial charge on any atom is -0.463 e. The van der Waals surface area contributed by atoms with Gasteiger partial charge in [-0.3, -0.25) is 0 Å². The second-order valence-corrected chi connectivity index (χ2v) is 4.41. The van der Waals surface area contributed by atoms with Gasteiger partial charge in [0.05, 0.1) is 0 Å². The van der Waals surface area contributed by atoms with Gasteiger partial charge in [0.1, 0.15) is 10.6 Å². The lowest BCUT2D eigenvalue weighted by molar-refractivity contribution is 0.104. The molecule has 0 unspecified atom stereocenters. The Kier molecular flexibility index (Phi) is 3.22. The zero-order valence-electron chi connectivity index (χ0n) is 8.20. The van der Waals surface area contributed by atoms with E-state index in [9.17, 15) is 0 Å². The molecule has 0 aliphatic carbocycles. The maximum Gasteiger partial charge on any atom is 0.294 e. The molecule has 4 nitrogen and oxygen atoms in total. The third-order valence-electron chi connectivity index (χ3n) is 1.84. The lowest BCUT2D eigenvalue weighted by Crippen LogP contribution is -2.26. The lowest BCUT2D eigenvalue weighted by Gasteiger charge is -2.21. The molecule has 2 N–H and O–H groups in total. The molecule has 1 aromatic rings. The normalized spacial score (nSPS) is 11.7. The largest absolute Gasteiger partial charge is 0.463 e. The maximum atomic E-state index is 5.62. The first-order chi connectivity index (χ1) is 6.07. The van der Waals surface area contributed by atoms with Gasteiger partial charge in [0.15, 0.2) is 0 Å². The van der Waals surface area contributed by atoms with E-state index >= 15 is 0 Å². The molecule has 74 valence electrons. The van der Waals surface area contributed by atoms with Gasteiger partial charge >= 0.3 is 0 Å². The van der Waals surface area contributed by atoms with E-state index in [1.807, 2.05) is 13.8 Å². The van der Waals surface area contributed by atoms with Crippen molar-refractivity contribution in [1.29, 1.82) is 0 Å². The first kappa shape index (κ1) is 10.4. The molecular formula is C8H15N3OS. The Labute approximate surface area is 82.1 Å². The zero-order chi connectivity index (χ0) is 9.90. The summed E-state index contributed by atoms with van der Waals surface area (Å²) in [6.07, 6.45) is 0.935. The Balaban J connectivity index is 2.63. The number of aromatic nitrogens is 2. The first-order valence-electron chi connectivity index (χ1n) is 4.29. The molecular weight excluding hydrogens is 186 g/mol. The van der Waals surface area contributed by atoms with Gasteiger partial charge in [-0.05, 0) is 20.3 Å². The summed E-state index contributed by atoms with van der Waals surface area (Å²) in [6, 6.07) is 0. The average Bonchev–Trinajstić information content (AvgIpc) is 2.52. The van der Waals surface area contributed by atoms with E-state index in [1.165, 1.54) is 11.3 Å². The average molecular weight is 201 g/mol. The molecule has 0 bridgehead atoms. The van der Waals surface area contributed by atoms with Crippen LogP contribution in [-0.2, 0) is 6.54 Å². The van der Waals surface area contributed by atoms with E-state index in [-0.39, 0.29) is 5.60 Å². The third kappa shape index (κ3) is 2.93. The Hall–Kier alpha value is -0.680. The first-order valence-corrected chi connectivity index (χ1v) is 5.10. The molecule has 1 heterocycles. The van der Waals surface area contributed by atoms with Gasteiger partial charge in [0.25, 0.3) is 5.19 Å². The fourth-order valence-electron chi connectivity index (χ4n) is 0.670. The van der Waals surface area contributed by atoms with Gasteiger partial charge in [-0.25, -0.2) is 0 Å². The van der Waals surface area contributed by atoms with Gasteiger partial charge in [-0.1, -0.05) is 23.4 Å². The standard InChI is InChI=1S/C8H15N3OS/c1-4-8(2,3)12-7-11-10-6(5-9)13-7/h4-5,9H2,1-3H3. The quantitative estimate of drug-likeness (QED) is 0.803. The van der Waals surface area contributed by atoms with Crippen LogP contribution in [0.3, 0.4) is 0 Å². The van der Waals surface area contributed by atoms with Crippen molar-refractivity contribution < 1.29 is 4.74 Å². The van der Waals surface area contributed by atoms with Crippen LogP contribution >= 0.6 is 11.3 Å². The molecule has 13 heavy (non-hydrogen) atoms. The van der Waals surface area contributed by atoms with E-state index in [2.05, 4.69) is 17.1 Å². The molecule has 0 radical (unpaired) electrons. The highest BCUT2D eigenvalue weighted by Gasteiger charge is 2.19. The van der Waals surface area contributed by atoms with Crippen molar-refractivity contribution in [2.24, 2.45) is 5.73 Å². The van der Waals surface area contributed by atoms with Crippen molar-refractivity contribution in [2.75, 3.05) is 0 Å². The van der Waals surface area contributed by atoms with Crippen LogP contribution in [0.2, 0.25) is 0 Å². The lowest BCUT2D eigenvalue weighted by atomic mass is 10.1. The SMILES string of the molecule is CCC(C)(C)Oc1nnc(CN)s1. The van der Waals surface area contributed by atoms with E-state index < -0.39 is 0 Å². The molecule has 0 fully saturated rings. The molecule has 0 atom stereocenters. The zero-order valence-corrected chi connectivity index (χ0v) is 9.02. The summed E-state index contributed by atoms with van der Waals surface area (Å²) in [5.41, 5.74) is 5.24. The summed E-state index contributed by atoms with van der Waals surface area (Å²) >= 11 is 1.41. The monoisotopic (exact) mass is 201 g/mol. The van der Waals surface area contributed by atoms with Crippen molar-refractivity contribution in [3.8, 4) is 5.19 Å². The predicted molar refractivity (Wildman–Crippen MR) is 52.8 cm³/mol. The number of rotatable bonds is 4. The van der Waals surface area contributed by atoms with E-state index in [0.29, 0.717) is 11.7 Å². The van der Waals surface area contributed by atoms with Crippen molar-refractivity contribution in [3.05, 3.63) is 5.01 Å². The van der Waals surface area contributed by atoms with Gasteiger partial charge in [0, 0.05) is 6.54 Å². The van der Waals surface area contributed by atoms with E-state index in [4.69, 9.17) is 10.5 Å². The number of hydrogen-bond acceptors (Lipinski definition) is 5. The molecule has 1 rings (SSSR count). The van der Waals surface area contributed by atoms with Crippen molar-refractivity contribution >= 4 is 11.3 Å². The highest BCUT2D eigenvalue weighted by Crippen LogP contribution is 2.23. The summed E-state index contributed by atoms with van der Waals surface area (Å²) in [4.78, 5) is 0. The molecule has 0 saturated heterocycles. The van der Waals surface area contributed by atoms with E-state index in [1.54, 1.807) is 0 Å². The van der Waals surface area contributed by atoms with Crippen molar-refractivity contribution in [2.45, 2.75) is 39.3 Å². The van der Waals surface area contributed by atoms with Crippen LogP contribution in [0.15, 0.2) is 0 Å². The summed E-state index contributed by atoms with van der Waals surface area (Å²) in [5, 5.41) is 9.17. The highest BCUT2D eigenvalue weighted by molar-refractivity contribution is 7.13. The Morgan fingerprint density at radius 3 is 2.62 bits per heavy atom. The summed E-state index contributed by atoms with van der Waals surface area (Å²) in [7, 11) is 0. The van der Waals surface area contributed by atoms with Gasteiger partial charge < -0.3 is 10.5 Å². The number of hydrogen-bond donors (Lipinski definition) is 1. The van der Waals surface area contributed by atoms with Gasteiger partial charge in [0.2, 0.25) is 0 Å². The third-order valence-corrected chi connectivity index (χ3v) is 2.66. The topological polar surface area (TPSA) is 61.0 Å².